The largest absolute Gasteiger partial charge is 0.384 e. The van der Waals surface area contributed by atoms with Gasteiger partial charge in [-0.15, -0.1) is 0 Å². The number of nitrogens with two attached hydrogens (primary N) is 1. The fourth-order valence-corrected chi connectivity index (χ4v) is 1.64. The van der Waals surface area contributed by atoms with Crippen molar-refractivity contribution < 1.29 is 4.79 Å². The van der Waals surface area contributed by atoms with Gasteiger partial charge in [-0.2, -0.15) is 0 Å². The third kappa shape index (κ3) is 5.23. The van der Waals surface area contributed by atoms with Gasteiger partial charge < -0.3 is 5.73 Å². The maximum Gasteiger partial charge on any atom is 0.185 e. The molecule has 17 heavy (non-hydrogen) atoms. The Morgan fingerprint density at radius 2 is 2.06 bits per heavy atom. The molecule has 0 atom stereocenters. The molecule has 0 aliphatic rings. The molecular weight excluding hydrogens is 232 g/mol. The van der Waals surface area contributed by atoms with E-state index in [-0.39, 0.29) is 11.0 Å². The third-order valence-corrected chi connectivity index (χ3v) is 2.78. The van der Waals surface area contributed by atoms with E-state index in [2.05, 4.69) is 11.8 Å². The summed E-state index contributed by atoms with van der Waals surface area (Å²) in [5, 5.41) is 7.37. The number of hydrogen-bond donors (Lipinski definition) is 2. The topological polar surface area (TPSA) is 66.9 Å². The molecule has 0 saturated heterocycles. The monoisotopic (exact) mass is 246 g/mol. The van der Waals surface area contributed by atoms with E-state index in [0.717, 1.165) is 11.3 Å². The molecule has 88 valence electrons. The van der Waals surface area contributed by atoms with Crippen molar-refractivity contribution >= 4 is 22.7 Å². The highest BCUT2D eigenvalue weighted by molar-refractivity contribution is 8.13. The van der Waals surface area contributed by atoms with Crippen LogP contribution in [0.3, 0.4) is 0 Å². The quantitative estimate of drug-likeness (QED) is 0.371. The molecule has 3 nitrogen and oxygen atoms in total. The smallest absolute Gasteiger partial charge is 0.185 e. The van der Waals surface area contributed by atoms with E-state index in [1.54, 1.807) is 19.1 Å². The zero-order valence-electron chi connectivity index (χ0n) is 9.62. The molecule has 0 heterocycles. The van der Waals surface area contributed by atoms with Crippen LogP contribution in [0.15, 0.2) is 24.3 Å². The molecule has 1 aromatic rings. The highest BCUT2D eigenvalue weighted by atomic mass is 32.2. The van der Waals surface area contributed by atoms with Gasteiger partial charge in [0, 0.05) is 30.2 Å². The number of amidine groups is 1. The summed E-state index contributed by atoms with van der Waals surface area (Å²) < 4.78 is 0. The number of carbonyl (C=O) groups excluding carboxylic acids is 1. The zero-order valence-corrected chi connectivity index (χ0v) is 10.4. The summed E-state index contributed by atoms with van der Waals surface area (Å²) in [7, 11) is 0. The van der Waals surface area contributed by atoms with Gasteiger partial charge in [-0.1, -0.05) is 35.7 Å². The molecule has 0 aliphatic heterocycles. The van der Waals surface area contributed by atoms with Crippen molar-refractivity contribution in [1.29, 1.82) is 5.41 Å². The van der Waals surface area contributed by atoms with Crippen LogP contribution in [0.4, 0.5) is 0 Å². The van der Waals surface area contributed by atoms with Crippen molar-refractivity contribution in [2.24, 2.45) is 5.73 Å². The molecule has 0 unspecified atom stereocenters. The molecule has 4 heteroatoms. The Labute approximate surface area is 105 Å². The first-order valence-corrected chi connectivity index (χ1v) is 6.15. The summed E-state index contributed by atoms with van der Waals surface area (Å²) in [6.07, 6.45) is 0.693. The first-order valence-electron chi connectivity index (χ1n) is 5.16. The molecule has 0 fully saturated rings. The molecule has 1 aromatic carbocycles. The average molecular weight is 246 g/mol. The Bertz CT molecular complexity index is 468. The van der Waals surface area contributed by atoms with E-state index in [1.807, 2.05) is 12.1 Å². The summed E-state index contributed by atoms with van der Waals surface area (Å²) >= 11 is 1.29. The minimum Gasteiger partial charge on any atom is -0.384 e. The second-order valence-corrected chi connectivity index (χ2v) is 4.65. The number of rotatable bonds is 3. The van der Waals surface area contributed by atoms with Crippen LogP contribution in [-0.4, -0.2) is 16.7 Å². The van der Waals surface area contributed by atoms with Crippen molar-refractivity contribution in [3.63, 3.8) is 0 Å². The van der Waals surface area contributed by atoms with Gasteiger partial charge >= 0.3 is 0 Å². The molecule has 0 amide bonds. The second kappa shape index (κ2) is 6.77. The summed E-state index contributed by atoms with van der Waals surface area (Å²) in [4.78, 5) is 10.7. The molecule has 0 bridgehead atoms. The molecule has 0 radical (unpaired) electrons. The maximum atomic E-state index is 10.7. The van der Waals surface area contributed by atoms with Gasteiger partial charge in [0.15, 0.2) is 5.12 Å². The number of benzene rings is 1. The minimum absolute atomic E-state index is 0.0577. The summed E-state index contributed by atoms with van der Waals surface area (Å²) in [5.74, 6) is 6.78. The Morgan fingerprint density at radius 1 is 1.41 bits per heavy atom. The predicted molar refractivity (Wildman–Crippen MR) is 72.1 cm³/mol. The van der Waals surface area contributed by atoms with E-state index in [4.69, 9.17) is 11.1 Å². The van der Waals surface area contributed by atoms with Crippen LogP contribution in [0, 0.1) is 17.3 Å². The van der Waals surface area contributed by atoms with Crippen LogP contribution in [0.1, 0.15) is 24.5 Å². The Kier molecular flexibility index (Phi) is 5.31. The number of thioether (sulfide) groups is 1. The molecule has 0 aromatic heterocycles. The van der Waals surface area contributed by atoms with Gasteiger partial charge in [0.2, 0.25) is 0 Å². The van der Waals surface area contributed by atoms with Gasteiger partial charge in [0.1, 0.15) is 5.84 Å². The number of nitrogen functional groups attached to an aromatic ring is 1. The fourth-order valence-electron chi connectivity index (χ4n) is 1.14. The summed E-state index contributed by atoms with van der Waals surface area (Å²) in [6, 6.07) is 7.22. The normalized spacial score (nSPS) is 9.24. The van der Waals surface area contributed by atoms with E-state index in [9.17, 15) is 4.79 Å². The number of nitrogens with one attached hydrogen (secondary N) is 1. The van der Waals surface area contributed by atoms with Crippen molar-refractivity contribution in [3.05, 3.63) is 35.4 Å². The van der Waals surface area contributed by atoms with Crippen LogP contribution in [0.25, 0.3) is 0 Å². The van der Waals surface area contributed by atoms with Crippen molar-refractivity contribution in [3.8, 4) is 11.8 Å². The molecule has 0 saturated carbocycles. The van der Waals surface area contributed by atoms with Gasteiger partial charge in [-0.3, -0.25) is 10.2 Å². The SMILES string of the molecule is CC(=O)SCCC#Cc1ccc(C(=N)N)cc1. The Hall–Kier alpha value is -1.73. The summed E-state index contributed by atoms with van der Waals surface area (Å²) in [6.45, 7) is 1.55. The Balaban J connectivity index is 2.49. The summed E-state index contributed by atoms with van der Waals surface area (Å²) in [5.41, 5.74) is 6.93. The lowest BCUT2D eigenvalue weighted by Crippen LogP contribution is -2.10. The van der Waals surface area contributed by atoms with Crippen LogP contribution < -0.4 is 5.73 Å². The maximum absolute atomic E-state index is 10.7. The molecule has 1 rings (SSSR count). The molecule has 0 spiro atoms. The first-order chi connectivity index (χ1) is 8.09. The van der Waals surface area contributed by atoms with Gasteiger partial charge in [0.05, 0.1) is 0 Å². The van der Waals surface area contributed by atoms with E-state index >= 15 is 0 Å². The first kappa shape index (κ1) is 13.3. The standard InChI is InChI=1S/C13H14N2OS/c1-10(16)17-9-3-2-4-11-5-7-12(8-6-11)13(14)15/h5-8H,3,9H2,1H3,(H3,14,15). The van der Waals surface area contributed by atoms with Crippen molar-refractivity contribution in [1.82, 2.24) is 0 Å². The van der Waals surface area contributed by atoms with Crippen LogP contribution >= 0.6 is 11.8 Å². The third-order valence-electron chi connectivity index (χ3n) is 1.96. The molecular formula is C13H14N2OS. The number of hydrogen-bond acceptors (Lipinski definition) is 3. The van der Waals surface area contributed by atoms with Gasteiger partial charge in [-0.05, 0) is 12.1 Å². The van der Waals surface area contributed by atoms with E-state index < -0.39 is 0 Å². The molecule has 3 N–H and O–H groups in total. The zero-order chi connectivity index (χ0) is 12.7. The van der Waals surface area contributed by atoms with Crippen LogP contribution in [0.5, 0.6) is 0 Å². The van der Waals surface area contributed by atoms with E-state index in [1.165, 1.54) is 11.8 Å². The second-order valence-electron chi connectivity index (χ2n) is 3.38. The van der Waals surface area contributed by atoms with E-state index in [0.29, 0.717) is 12.0 Å². The highest BCUT2D eigenvalue weighted by Gasteiger charge is 1.94. The van der Waals surface area contributed by atoms with Crippen molar-refractivity contribution in [2.75, 3.05) is 5.75 Å². The lowest BCUT2D eigenvalue weighted by atomic mass is 10.1. The molecule has 0 aliphatic carbocycles. The lowest BCUT2D eigenvalue weighted by Gasteiger charge is -1.96. The van der Waals surface area contributed by atoms with Crippen molar-refractivity contribution in [2.45, 2.75) is 13.3 Å². The highest BCUT2D eigenvalue weighted by Crippen LogP contribution is 2.04. The lowest BCUT2D eigenvalue weighted by molar-refractivity contribution is -0.109. The van der Waals surface area contributed by atoms with Gasteiger partial charge in [0.25, 0.3) is 0 Å². The Morgan fingerprint density at radius 3 is 2.59 bits per heavy atom. The minimum atomic E-state index is 0.0577. The van der Waals surface area contributed by atoms with Crippen LogP contribution in [-0.2, 0) is 4.79 Å². The average Bonchev–Trinajstić information content (AvgIpc) is 2.29. The predicted octanol–water partition coefficient (Wildman–Crippen LogP) is 1.99. The van der Waals surface area contributed by atoms with Crippen LogP contribution in [0.2, 0.25) is 0 Å². The number of carbonyl (C=O) groups is 1. The van der Waals surface area contributed by atoms with Gasteiger partial charge in [-0.25, -0.2) is 0 Å². The fraction of sp³-hybridized carbons (Fsp3) is 0.231.